The van der Waals surface area contributed by atoms with Crippen molar-refractivity contribution >= 4 is 16.9 Å². The van der Waals surface area contributed by atoms with Gasteiger partial charge in [-0.2, -0.15) is 0 Å². The van der Waals surface area contributed by atoms with Gasteiger partial charge in [-0.05, 0) is 0 Å². The molecule has 3 rings (SSSR count). The monoisotopic (exact) mass is 205 g/mol. The quantitative estimate of drug-likeness (QED) is 0.696. The Kier molecular flexibility index (Phi) is 2.03. The predicted molar refractivity (Wildman–Crippen MR) is 54.8 cm³/mol. The summed E-state index contributed by atoms with van der Waals surface area (Å²) in [6.07, 6.45) is 3.18. The number of rotatable bonds is 1. The second-order valence-electron chi connectivity index (χ2n) is 3.46. The van der Waals surface area contributed by atoms with Gasteiger partial charge in [0.1, 0.15) is 11.3 Å². The Morgan fingerprint density at radius 1 is 1.20 bits per heavy atom. The highest BCUT2D eigenvalue weighted by Crippen LogP contribution is 2.18. The van der Waals surface area contributed by atoms with Gasteiger partial charge in [-0.15, -0.1) is 0 Å². The summed E-state index contributed by atoms with van der Waals surface area (Å²) in [6.45, 7) is 3.28. The number of anilines is 1. The van der Waals surface area contributed by atoms with Gasteiger partial charge in [-0.1, -0.05) is 0 Å². The number of fused-ring (bicyclic) bond motifs is 1. The number of oxazole rings is 1. The number of aromatic nitrogens is 2. The molecular formula is C10H11N3O2. The molecule has 1 aliphatic rings. The molecular weight excluding hydrogens is 194 g/mol. The maximum atomic E-state index is 5.29. The predicted octanol–water partition coefficient (Wildman–Crippen LogP) is 1.06. The van der Waals surface area contributed by atoms with Gasteiger partial charge in [0, 0.05) is 19.2 Å². The molecule has 0 amide bonds. The van der Waals surface area contributed by atoms with Crippen molar-refractivity contribution in [3.63, 3.8) is 0 Å². The van der Waals surface area contributed by atoms with Crippen LogP contribution in [-0.4, -0.2) is 36.3 Å². The van der Waals surface area contributed by atoms with Gasteiger partial charge in [0.25, 0.3) is 0 Å². The topological polar surface area (TPSA) is 51.4 Å². The van der Waals surface area contributed by atoms with Crippen molar-refractivity contribution in [2.75, 3.05) is 31.2 Å². The van der Waals surface area contributed by atoms with E-state index in [0.717, 1.165) is 43.2 Å². The number of hydrogen-bond donors (Lipinski definition) is 0. The lowest BCUT2D eigenvalue weighted by atomic mass is 10.3. The number of nitrogens with zero attached hydrogens (tertiary/aromatic N) is 3. The molecule has 0 N–H and O–H groups in total. The summed E-state index contributed by atoms with van der Waals surface area (Å²) >= 11 is 0. The molecule has 15 heavy (non-hydrogen) atoms. The van der Waals surface area contributed by atoms with E-state index in [-0.39, 0.29) is 0 Å². The molecule has 78 valence electrons. The first-order valence-corrected chi connectivity index (χ1v) is 4.95. The highest BCUT2D eigenvalue weighted by Gasteiger charge is 2.13. The van der Waals surface area contributed by atoms with E-state index in [1.165, 1.54) is 6.39 Å². The van der Waals surface area contributed by atoms with Gasteiger partial charge in [0.2, 0.25) is 0 Å². The first-order valence-electron chi connectivity index (χ1n) is 4.95. The van der Waals surface area contributed by atoms with Crippen LogP contribution < -0.4 is 4.90 Å². The van der Waals surface area contributed by atoms with Gasteiger partial charge in [0.15, 0.2) is 12.0 Å². The summed E-state index contributed by atoms with van der Waals surface area (Å²) in [5.41, 5.74) is 1.58. The van der Waals surface area contributed by atoms with E-state index < -0.39 is 0 Å². The van der Waals surface area contributed by atoms with Crippen LogP contribution in [0, 0.1) is 0 Å². The molecule has 1 aliphatic heterocycles. The zero-order valence-corrected chi connectivity index (χ0v) is 8.22. The molecule has 0 saturated carbocycles. The molecule has 5 heteroatoms. The highest BCUT2D eigenvalue weighted by molar-refractivity contribution is 5.74. The smallest absolute Gasteiger partial charge is 0.182 e. The molecule has 2 aromatic rings. The van der Waals surface area contributed by atoms with Crippen LogP contribution in [0.2, 0.25) is 0 Å². The van der Waals surface area contributed by atoms with Gasteiger partial charge in [0.05, 0.1) is 19.4 Å². The summed E-state index contributed by atoms with van der Waals surface area (Å²) in [4.78, 5) is 10.6. The van der Waals surface area contributed by atoms with Gasteiger partial charge >= 0.3 is 0 Å². The fourth-order valence-electron chi connectivity index (χ4n) is 1.72. The largest absolute Gasteiger partial charge is 0.443 e. The second kappa shape index (κ2) is 3.51. The van der Waals surface area contributed by atoms with E-state index in [2.05, 4.69) is 14.9 Å². The lowest BCUT2D eigenvalue weighted by Gasteiger charge is -2.27. The third-order valence-corrected chi connectivity index (χ3v) is 2.54. The van der Waals surface area contributed by atoms with E-state index in [1.807, 2.05) is 6.07 Å². The van der Waals surface area contributed by atoms with Crippen LogP contribution >= 0.6 is 0 Å². The minimum absolute atomic E-state index is 0.760. The molecule has 1 saturated heterocycles. The van der Waals surface area contributed by atoms with E-state index in [0.29, 0.717) is 0 Å². The third-order valence-electron chi connectivity index (χ3n) is 2.54. The minimum atomic E-state index is 0.760. The zero-order valence-electron chi connectivity index (χ0n) is 8.22. The normalized spacial score (nSPS) is 17.2. The van der Waals surface area contributed by atoms with Crippen molar-refractivity contribution in [3.05, 3.63) is 18.7 Å². The number of pyridine rings is 1. The molecule has 0 unspecified atom stereocenters. The van der Waals surface area contributed by atoms with Crippen LogP contribution in [0.25, 0.3) is 11.1 Å². The van der Waals surface area contributed by atoms with Crippen LogP contribution in [-0.2, 0) is 4.74 Å². The fourth-order valence-corrected chi connectivity index (χ4v) is 1.72. The molecule has 0 aliphatic carbocycles. The Labute approximate surface area is 86.7 Å². The molecule has 0 aromatic carbocycles. The standard InChI is InChI=1S/C10H11N3O2/c1-3-14-4-2-13(1)10-5-9-8(6-11-10)12-7-15-9/h5-7H,1-4H2. The van der Waals surface area contributed by atoms with Crippen LogP contribution in [0.4, 0.5) is 5.82 Å². The Bertz CT molecular complexity index is 462. The van der Waals surface area contributed by atoms with Crippen molar-refractivity contribution in [3.8, 4) is 0 Å². The average Bonchev–Trinajstić information content (AvgIpc) is 2.77. The summed E-state index contributed by atoms with van der Waals surface area (Å²) in [6, 6.07) is 1.92. The average molecular weight is 205 g/mol. The van der Waals surface area contributed by atoms with Crippen LogP contribution in [0.3, 0.4) is 0 Å². The van der Waals surface area contributed by atoms with E-state index in [1.54, 1.807) is 6.20 Å². The highest BCUT2D eigenvalue weighted by atomic mass is 16.5. The summed E-state index contributed by atoms with van der Waals surface area (Å²) in [7, 11) is 0. The number of morpholine rings is 1. The van der Waals surface area contributed by atoms with Crippen LogP contribution in [0.15, 0.2) is 23.1 Å². The third kappa shape index (κ3) is 1.55. The Hall–Kier alpha value is -1.62. The van der Waals surface area contributed by atoms with Crippen molar-refractivity contribution in [1.82, 2.24) is 9.97 Å². The molecule has 0 spiro atoms. The fraction of sp³-hybridized carbons (Fsp3) is 0.400. The number of ether oxygens (including phenoxy) is 1. The summed E-state index contributed by atoms with van der Waals surface area (Å²) in [5, 5.41) is 0. The molecule has 2 aromatic heterocycles. The minimum Gasteiger partial charge on any atom is -0.443 e. The lowest BCUT2D eigenvalue weighted by Crippen LogP contribution is -2.36. The molecule has 5 nitrogen and oxygen atoms in total. The van der Waals surface area contributed by atoms with Gasteiger partial charge in [-0.25, -0.2) is 9.97 Å². The first-order chi connectivity index (χ1) is 7.43. The van der Waals surface area contributed by atoms with Crippen LogP contribution in [0.5, 0.6) is 0 Å². The van der Waals surface area contributed by atoms with E-state index in [4.69, 9.17) is 9.15 Å². The van der Waals surface area contributed by atoms with Crippen molar-refractivity contribution < 1.29 is 9.15 Å². The maximum absolute atomic E-state index is 5.29. The van der Waals surface area contributed by atoms with E-state index >= 15 is 0 Å². The van der Waals surface area contributed by atoms with Gasteiger partial charge in [-0.3, -0.25) is 0 Å². The number of hydrogen-bond acceptors (Lipinski definition) is 5. The Balaban J connectivity index is 1.95. The van der Waals surface area contributed by atoms with Crippen molar-refractivity contribution in [2.45, 2.75) is 0 Å². The van der Waals surface area contributed by atoms with Gasteiger partial charge < -0.3 is 14.1 Å². The molecule has 1 fully saturated rings. The molecule has 3 heterocycles. The lowest BCUT2D eigenvalue weighted by molar-refractivity contribution is 0.122. The Morgan fingerprint density at radius 3 is 2.93 bits per heavy atom. The van der Waals surface area contributed by atoms with E-state index in [9.17, 15) is 0 Å². The SMILES string of the molecule is c1nc2cnc(N3CCOCC3)cc2o1. The Morgan fingerprint density at radius 2 is 2.07 bits per heavy atom. The van der Waals surface area contributed by atoms with Crippen LogP contribution in [0.1, 0.15) is 0 Å². The van der Waals surface area contributed by atoms with Crippen molar-refractivity contribution in [2.24, 2.45) is 0 Å². The molecule has 0 atom stereocenters. The molecule has 0 bridgehead atoms. The second-order valence-corrected chi connectivity index (χ2v) is 3.46. The van der Waals surface area contributed by atoms with Crippen molar-refractivity contribution in [1.29, 1.82) is 0 Å². The summed E-state index contributed by atoms with van der Waals surface area (Å²) < 4.78 is 10.5. The zero-order chi connectivity index (χ0) is 10.1. The maximum Gasteiger partial charge on any atom is 0.182 e. The summed E-state index contributed by atoms with van der Waals surface area (Å²) in [5.74, 6) is 0.933. The molecule has 0 radical (unpaired) electrons. The first kappa shape index (κ1) is 8.67.